The normalized spacial score (nSPS) is 26.3. The highest BCUT2D eigenvalue weighted by atomic mass is 19.1. The number of rotatable bonds is 4. The zero-order valence-corrected chi connectivity index (χ0v) is 16.6. The molecule has 31 heavy (non-hydrogen) atoms. The Kier molecular flexibility index (Phi) is 4.09. The van der Waals surface area contributed by atoms with Gasteiger partial charge in [-0.05, 0) is 42.2 Å². The Hall–Kier alpha value is -3.62. The second-order valence-corrected chi connectivity index (χ2v) is 8.12. The number of hydrazone groups is 1. The van der Waals surface area contributed by atoms with Crippen molar-refractivity contribution in [2.24, 2.45) is 11.0 Å². The van der Waals surface area contributed by atoms with Crippen molar-refractivity contribution >= 4 is 23.6 Å². The third-order valence-corrected chi connectivity index (χ3v) is 6.12. The van der Waals surface area contributed by atoms with E-state index < -0.39 is 0 Å². The van der Waals surface area contributed by atoms with E-state index in [2.05, 4.69) is 15.2 Å². The summed E-state index contributed by atoms with van der Waals surface area (Å²) in [4.78, 5) is 18.8. The van der Waals surface area contributed by atoms with Gasteiger partial charge in [0.15, 0.2) is 0 Å². The molecule has 0 bridgehead atoms. The predicted molar refractivity (Wildman–Crippen MR) is 109 cm³/mol. The van der Waals surface area contributed by atoms with Gasteiger partial charge in [0.25, 0.3) is 0 Å². The number of aromatic nitrogens is 3. The quantitative estimate of drug-likeness (QED) is 0.608. The van der Waals surface area contributed by atoms with Crippen LogP contribution in [0.3, 0.4) is 0 Å². The third kappa shape index (κ3) is 3.08. The van der Waals surface area contributed by atoms with Crippen LogP contribution in [0.25, 0.3) is 5.52 Å². The molecular weight excluding hydrogens is 399 g/mol. The molecule has 1 saturated carbocycles. The molecule has 3 aromatic heterocycles. The van der Waals surface area contributed by atoms with Crippen LogP contribution >= 0.6 is 0 Å². The van der Waals surface area contributed by atoms with Gasteiger partial charge in [0, 0.05) is 31.0 Å². The predicted octanol–water partition coefficient (Wildman–Crippen LogP) is 3.39. The number of carbonyl (C=O) groups is 1. The molecule has 5 heterocycles. The number of hydrogen-bond donors (Lipinski definition) is 0. The largest absolute Gasteiger partial charge is 0.525 e. The second-order valence-electron chi connectivity index (χ2n) is 8.12. The lowest BCUT2D eigenvalue weighted by molar-refractivity contribution is -0.428. The fraction of sp³-hybridized carbons (Fsp3) is 0.318. The van der Waals surface area contributed by atoms with E-state index >= 15 is 0 Å². The van der Waals surface area contributed by atoms with Gasteiger partial charge in [-0.2, -0.15) is 14.8 Å². The fourth-order valence-corrected chi connectivity index (χ4v) is 4.51. The van der Waals surface area contributed by atoms with Crippen LogP contribution in [0.1, 0.15) is 37.4 Å². The Labute approximate surface area is 177 Å². The first-order valence-corrected chi connectivity index (χ1v) is 10.4. The molecule has 2 amide bonds. The zero-order valence-electron chi connectivity index (χ0n) is 16.6. The maximum atomic E-state index is 13.2. The first-order valence-electron chi connectivity index (χ1n) is 10.4. The van der Waals surface area contributed by atoms with Crippen molar-refractivity contribution in [1.29, 1.82) is 0 Å². The number of amides is 2. The summed E-state index contributed by atoms with van der Waals surface area (Å²) in [5.74, 6) is 1.41. The molecule has 0 spiro atoms. The molecule has 156 valence electrons. The molecule has 1 aliphatic carbocycles. The first kappa shape index (κ1) is 18.2. The lowest BCUT2D eigenvalue weighted by Crippen LogP contribution is -2.38. The van der Waals surface area contributed by atoms with Gasteiger partial charge >= 0.3 is 6.03 Å². The highest BCUT2D eigenvalue weighted by Gasteiger charge is 2.51. The minimum Gasteiger partial charge on any atom is -0.488 e. The SMILES string of the molecule is O=C1N2C(=N/[N+]1=C\C1CC(Oc3ccnn4cccc34)C1)CCC2c1ccc(F)cn1. The number of hydrogen-bond acceptors (Lipinski definition) is 5. The number of halogens is 1. The molecule has 2 aliphatic heterocycles. The molecule has 2 fully saturated rings. The number of fused-ring (bicyclic) bond motifs is 2. The number of urea groups is 1. The molecule has 3 aliphatic rings. The van der Waals surface area contributed by atoms with E-state index in [1.807, 2.05) is 30.6 Å². The first-order chi connectivity index (χ1) is 15.2. The van der Waals surface area contributed by atoms with E-state index in [9.17, 15) is 9.18 Å². The summed E-state index contributed by atoms with van der Waals surface area (Å²) < 4.78 is 22.6. The van der Waals surface area contributed by atoms with Crippen LogP contribution in [-0.4, -0.2) is 48.4 Å². The number of ether oxygens (including phenoxy) is 1. The Bertz CT molecular complexity index is 1230. The van der Waals surface area contributed by atoms with Crippen LogP contribution in [0.2, 0.25) is 0 Å². The van der Waals surface area contributed by atoms with Gasteiger partial charge < -0.3 is 4.74 Å². The lowest BCUT2D eigenvalue weighted by atomic mass is 9.83. The molecule has 1 saturated heterocycles. The Morgan fingerprint density at radius 3 is 2.97 bits per heavy atom. The summed E-state index contributed by atoms with van der Waals surface area (Å²) >= 11 is 0. The lowest BCUT2D eigenvalue weighted by Gasteiger charge is -2.32. The summed E-state index contributed by atoms with van der Waals surface area (Å²) in [6, 6.07) is 8.43. The average Bonchev–Trinajstić information content (AvgIpc) is 3.45. The molecule has 0 radical (unpaired) electrons. The smallest absolute Gasteiger partial charge is 0.488 e. The van der Waals surface area contributed by atoms with Crippen molar-refractivity contribution < 1.29 is 18.6 Å². The molecule has 6 rings (SSSR count). The molecule has 3 aromatic rings. The summed E-state index contributed by atoms with van der Waals surface area (Å²) in [5.41, 5.74) is 1.63. The molecule has 8 nitrogen and oxygen atoms in total. The van der Waals surface area contributed by atoms with Crippen LogP contribution in [0.5, 0.6) is 5.75 Å². The Morgan fingerprint density at radius 2 is 2.13 bits per heavy atom. The van der Waals surface area contributed by atoms with E-state index in [4.69, 9.17) is 4.74 Å². The average molecular weight is 419 g/mol. The molecule has 0 aromatic carbocycles. The van der Waals surface area contributed by atoms with E-state index in [0.717, 1.165) is 36.4 Å². The van der Waals surface area contributed by atoms with Gasteiger partial charge in [-0.1, -0.05) is 4.68 Å². The molecule has 1 atom stereocenters. The molecule has 1 unspecified atom stereocenters. The van der Waals surface area contributed by atoms with Gasteiger partial charge in [-0.3, -0.25) is 4.98 Å². The summed E-state index contributed by atoms with van der Waals surface area (Å²) in [6.07, 6.45) is 9.89. The van der Waals surface area contributed by atoms with Crippen LogP contribution < -0.4 is 4.74 Å². The molecule has 9 heteroatoms. The van der Waals surface area contributed by atoms with Crippen LogP contribution in [0, 0.1) is 11.7 Å². The minimum absolute atomic E-state index is 0.101. The van der Waals surface area contributed by atoms with Gasteiger partial charge in [0.1, 0.15) is 35.4 Å². The summed E-state index contributed by atoms with van der Waals surface area (Å²) in [5, 5.41) is 8.75. The minimum atomic E-state index is -0.385. The van der Waals surface area contributed by atoms with Gasteiger partial charge in [0.2, 0.25) is 5.84 Å². The van der Waals surface area contributed by atoms with E-state index in [1.165, 1.54) is 16.9 Å². The van der Waals surface area contributed by atoms with E-state index in [0.29, 0.717) is 12.1 Å². The summed E-state index contributed by atoms with van der Waals surface area (Å²) in [6.45, 7) is 0. The Balaban J connectivity index is 1.13. The Morgan fingerprint density at radius 1 is 1.23 bits per heavy atom. The van der Waals surface area contributed by atoms with Crippen molar-refractivity contribution in [2.45, 2.75) is 37.8 Å². The highest BCUT2D eigenvalue weighted by Crippen LogP contribution is 2.36. The van der Waals surface area contributed by atoms with Crippen molar-refractivity contribution in [1.82, 2.24) is 19.5 Å². The maximum Gasteiger partial charge on any atom is 0.525 e. The topological polar surface area (TPSA) is 75.1 Å². The van der Waals surface area contributed by atoms with E-state index in [1.54, 1.807) is 21.7 Å². The van der Waals surface area contributed by atoms with Crippen LogP contribution in [0.15, 0.2) is 54.0 Å². The number of carbonyl (C=O) groups excluding carboxylic acids is 1. The van der Waals surface area contributed by atoms with Crippen molar-refractivity contribution in [3.8, 4) is 5.75 Å². The van der Waals surface area contributed by atoms with Crippen LogP contribution in [-0.2, 0) is 0 Å². The monoisotopic (exact) mass is 419 g/mol. The molecule has 0 N–H and O–H groups in total. The summed E-state index contributed by atoms with van der Waals surface area (Å²) in [7, 11) is 0. The van der Waals surface area contributed by atoms with Gasteiger partial charge in [0.05, 0.1) is 18.1 Å². The maximum absolute atomic E-state index is 13.2. The number of nitrogens with zero attached hydrogens (tertiary/aromatic N) is 6. The standard InChI is InChI=1S/C22H20FN6O2/c23-15-3-4-17(24-12-15)18-5-6-21-26-28(22(30)29(18)21)13-14-10-16(11-14)31-20-7-8-25-27-9-1-2-19(20)27/h1-4,7-9,12-14,16,18H,5-6,10-11H2/q+1/b28-13-. The van der Waals surface area contributed by atoms with Crippen molar-refractivity contribution in [3.63, 3.8) is 0 Å². The second kappa shape index (κ2) is 6.97. The molecular formula is C22H20FN6O2+. The fourth-order valence-electron chi connectivity index (χ4n) is 4.51. The highest BCUT2D eigenvalue weighted by molar-refractivity contribution is 6.00. The number of pyridine rings is 1. The van der Waals surface area contributed by atoms with Crippen LogP contribution in [0.4, 0.5) is 9.18 Å². The van der Waals surface area contributed by atoms with E-state index in [-0.39, 0.29) is 29.9 Å². The van der Waals surface area contributed by atoms with Crippen molar-refractivity contribution in [2.75, 3.05) is 0 Å². The van der Waals surface area contributed by atoms with Crippen molar-refractivity contribution in [3.05, 3.63) is 60.4 Å². The van der Waals surface area contributed by atoms with Gasteiger partial charge in [-0.25, -0.2) is 8.91 Å². The number of amidine groups is 1. The third-order valence-electron chi connectivity index (χ3n) is 6.12. The zero-order chi connectivity index (χ0) is 20.9. The van der Waals surface area contributed by atoms with Gasteiger partial charge in [-0.15, -0.1) is 0 Å².